The minimum Gasteiger partial charge on any atom is -0.437 e. The zero-order valence-corrected chi connectivity index (χ0v) is 9.82. The molecule has 2 aromatic rings. The lowest BCUT2D eigenvalue weighted by Gasteiger charge is -2.07. The van der Waals surface area contributed by atoms with Crippen molar-refractivity contribution < 1.29 is 4.74 Å². The molecule has 0 fully saturated rings. The standard InChI is InChI=1S/C11H12ClN3O/c1-7-5-11(15(2)14-7)16-10-4-3-8(12)6-9(10)13/h3-6H,13H2,1-2H3. The predicted molar refractivity (Wildman–Crippen MR) is 63.9 cm³/mol. The Bertz CT molecular complexity index is 522. The number of nitrogens with two attached hydrogens (primary N) is 1. The molecule has 84 valence electrons. The first kappa shape index (κ1) is 10.8. The van der Waals surface area contributed by atoms with Crippen molar-refractivity contribution in [1.82, 2.24) is 9.78 Å². The monoisotopic (exact) mass is 237 g/mol. The summed E-state index contributed by atoms with van der Waals surface area (Å²) in [6.07, 6.45) is 0. The second-order valence-electron chi connectivity index (χ2n) is 3.53. The lowest BCUT2D eigenvalue weighted by atomic mass is 10.3. The third kappa shape index (κ3) is 2.12. The zero-order valence-electron chi connectivity index (χ0n) is 9.07. The molecule has 0 amide bonds. The van der Waals surface area contributed by atoms with Gasteiger partial charge in [0.05, 0.1) is 11.4 Å². The summed E-state index contributed by atoms with van der Waals surface area (Å²) in [4.78, 5) is 0. The maximum absolute atomic E-state index is 5.80. The van der Waals surface area contributed by atoms with Crippen molar-refractivity contribution in [3.05, 3.63) is 35.0 Å². The highest BCUT2D eigenvalue weighted by atomic mass is 35.5. The largest absolute Gasteiger partial charge is 0.437 e. The molecule has 16 heavy (non-hydrogen) atoms. The highest BCUT2D eigenvalue weighted by Gasteiger charge is 2.07. The molecule has 0 atom stereocenters. The molecule has 0 aliphatic carbocycles. The van der Waals surface area contributed by atoms with Crippen LogP contribution in [0.1, 0.15) is 5.69 Å². The Hall–Kier alpha value is -1.68. The molecule has 0 bridgehead atoms. The first-order valence-electron chi connectivity index (χ1n) is 4.80. The van der Waals surface area contributed by atoms with E-state index in [4.69, 9.17) is 22.1 Å². The van der Waals surface area contributed by atoms with Crippen LogP contribution in [0.2, 0.25) is 5.02 Å². The molecule has 1 aromatic heterocycles. The molecular weight excluding hydrogens is 226 g/mol. The van der Waals surface area contributed by atoms with Gasteiger partial charge in [0.1, 0.15) is 0 Å². The minimum atomic E-state index is 0.506. The van der Waals surface area contributed by atoms with E-state index in [2.05, 4.69) is 5.10 Å². The molecule has 0 saturated carbocycles. The quantitative estimate of drug-likeness (QED) is 0.818. The van der Waals surface area contributed by atoms with Crippen molar-refractivity contribution in [2.75, 3.05) is 5.73 Å². The van der Waals surface area contributed by atoms with Crippen molar-refractivity contribution >= 4 is 17.3 Å². The summed E-state index contributed by atoms with van der Waals surface area (Å²) < 4.78 is 7.29. The van der Waals surface area contributed by atoms with Gasteiger partial charge in [-0.1, -0.05) is 11.6 Å². The van der Waals surface area contributed by atoms with E-state index < -0.39 is 0 Å². The topological polar surface area (TPSA) is 53.1 Å². The van der Waals surface area contributed by atoms with Gasteiger partial charge in [0.2, 0.25) is 5.88 Å². The molecular formula is C11H12ClN3O. The predicted octanol–water partition coefficient (Wildman–Crippen LogP) is 2.76. The molecule has 2 rings (SSSR count). The number of nitrogens with zero attached hydrogens (tertiary/aromatic N) is 2. The van der Waals surface area contributed by atoms with Gasteiger partial charge in [0.25, 0.3) is 0 Å². The molecule has 4 nitrogen and oxygen atoms in total. The van der Waals surface area contributed by atoms with Gasteiger partial charge in [-0.25, -0.2) is 4.68 Å². The summed E-state index contributed by atoms with van der Waals surface area (Å²) in [5.74, 6) is 1.22. The lowest BCUT2D eigenvalue weighted by Crippen LogP contribution is -1.97. The molecule has 1 heterocycles. The Labute approximate surface area is 98.6 Å². The highest BCUT2D eigenvalue weighted by Crippen LogP contribution is 2.29. The van der Waals surface area contributed by atoms with Gasteiger partial charge in [-0.3, -0.25) is 0 Å². The average Bonchev–Trinajstić information content (AvgIpc) is 2.50. The van der Waals surface area contributed by atoms with E-state index in [0.717, 1.165) is 5.69 Å². The first-order valence-corrected chi connectivity index (χ1v) is 5.17. The van der Waals surface area contributed by atoms with Gasteiger partial charge < -0.3 is 10.5 Å². The number of benzene rings is 1. The van der Waals surface area contributed by atoms with Crippen LogP contribution in [0.15, 0.2) is 24.3 Å². The van der Waals surface area contributed by atoms with Crippen molar-refractivity contribution in [1.29, 1.82) is 0 Å². The molecule has 0 spiro atoms. The Morgan fingerprint density at radius 2 is 2.12 bits per heavy atom. The van der Waals surface area contributed by atoms with Crippen LogP contribution < -0.4 is 10.5 Å². The van der Waals surface area contributed by atoms with E-state index in [-0.39, 0.29) is 0 Å². The van der Waals surface area contributed by atoms with Gasteiger partial charge in [0.15, 0.2) is 5.75 Å². The number of halogens is 1. The Morgan fingerprint density at radius 3 is 2.69 bits per heavy atom. The third-order valence-electron chi connectivity index (χ3n) is 2.15. The van der Waals surface area contributed by atoms with Crippen LogP contribution in [0.5, 0.6) is 11.6 Å². The number of anilines is 1. The number of hydrogen-bond donors (Lipinski definition) is 1. The maximum Gasteiger partial charge on any atom is 0.217 e. The minimum absolute atomic E-state index is 0.506. The van der Waals surface area contributed by atoms with Crippen molar-refractivity contribution in [3.8, 4) is 11.6 Å². The van der Waals surface area contributed by atoms with Crippen LogP contribution >= 0.6 is 11.6 Å². The maximum atomic E-state index is 5.80. The van der Waals surface area contributed by atoms with Crippen LogP contribution in [0, 0.1) is 6.92 Å². The number of ether oxygens (including phenoxy) is 1. The van der Waals surface area contributed by atoms with Crippen LogP contribution in [-0.2, 0) is 7.05 Å². The van der Waals surface area contributed by atoms with Gasteiger partial charge in [0, 0.05) is 18.1 Å². The smallest absolute Gasteiger partial charge is 0.217 e. The lowest BCUT2D eigenvalue weighted by molar-refractivity contribution is 0.432. The molecule has 0 aliphatic heterocycles. The summed E-state index contributed by atoms with van der Waals surface area (Å²) in [5.41, 5.74) is 7.19. The molecule has 0 radical (unpaired) electrons. The van der Waals surface area contributed by atoms with E-state index in [1.54, 1.807) is 22.9 Å². The molecule has 1 aromatic carbocycles. The van der Waals surface area contributed by atoms with E-state index in [0.29, 0.717) is 22.3 Å². The molecule has 0 aliphatic rings. The number of aromatic nitrogens is 2. The van der Waals surface area contributed by atoms with Crippen LogP contribution in [0.25, 0.3) is 0 Å². The van der Waals surface area contributed by atoms with Crippen molar-refractivity contribution in [2.45, 2.75) is 6.92 Å². The van der Waals surface area contributed by atoms with Gasteiger partial charge in [-0.2, -0.15) is 5.10 Å². The summed E-state index contributed by atoms with van der Waals surface area (Å²) in [6, 6.07) is 6.96. The molecule has 0 saturated heterocycles. The third-order valence-corrected chi connectivity index (χ3v) is 2.38. The first-order chi connectivity index (χ1) is 7.56. The fraction of sp³-hybridized carbons (Fsp3) is 0.182. The van der Waals surface area contributed by atoms with Crippen LogP contribution in [-0.4, -0.2) is 9.78 Å². The van der Waals surface area contributed by atoms with Crippen molar-refractivity contribution in [3.63, 3.8) is 0 Å². The second-order valence-corrected chi connectivity index (χ2v) is 3.97. The van der Waals surface area contributed by atoms with Gasteiger partial charge in [-0.15, -0.1) is 0 Å². The number of rotatable bonds is 2. The van der Waals surface area contributed by atoms with Crippen molar-refractivity contribution in [2.24, 2.45) is 7.05 Å². The summed E-state index contributed by atoms with van der Waals surface area (Å²) in [6.45, 7) is 1.90. The SMILES string of the molecule is Cc1cc(Oc2ccc(Cl)cc2N)n(C)n1. The number of nitrogen functional groups attached to an aromatic ring is 1. The second kappa shape index (κ2) is 4.06. The fourth-order valence-electron chi connectivity index (χ4n) is 1.41. The van der Waals surface area contributed by atoms with Crippen LogP contribution in [0.4, 0.5) is 5.69 Å². The Kier molecular flexibility index (Phi) is 2.75. The summed E-state index contributed by atoms with van der Waals surface area (Å²) in [7, 11) is 1.81. The Morgan fingerprint density at radius 1 is 1.38 bits per heavy atom. The summed E-state index contributed by atoms with van der Waals surface area (Å²) >= 11 is 5.80. The van der Waals surface area contributed by atoms with E-state index in [1.165, 1.54) is 0 Å². The highest BCUT2D eigenvalue weighted by molar-refractivity contribution is 6.30. The fourth-order valence-corrected chi connectivity index (χ4v) is 1.59. The normalized spacial score (nSPS) is 10.4. The molecule has 5 heteroatoms. The molecule has 0 unspecified atom stereocenters. The molecule has 2 N–H and O–H groups in total. The van der Waals surface area contributed by atoms with Gasteiger partial charge in [-0.05, 0) is 25.1 Å². The number of hydrogen-bond acceptors (Lipinski definition) is 3. The van der Waals surface area contributed by atoms with E-state index in [1.807, 2.05) is 20.0 Å². The zero-order chi connectivity index (χ0) is 11.7. The van der Waals surface area contributed by atoms with Gasteiger partial charge >= 0.3 is 0 Å². The average molecular weight is 238 g/mol. The Balaban J connectivity index is 2.30. The van der Waals surface area contributed by atoms with E-state index in [9.17, 15) is 0 Å². The van der Waals surface area contributed by atoms with Crippen LogP contribution in [0.3, 0.4) is 0 Å². The summed E-state index contributed by atoms with van der Waals surface area (Å²) in [5, 5.41) is 4.77. The number of aryl methyl sites for hydroxylation is 2. The van der Waals surface area contributed by atoms with E-state index >= 15 is 0 Å².